The molecule has 0 rings (SSSR count). The van der Waals surface area contributed by atoms with Gasteiger partial charge in [0.25, 0.3) is 0 Å². The molecule has 0 aliphatic heterocycles. The number of ether oxygens (including phenoxy) is 1. The van der Waals surface area contributed by atoms with Crippen LogP contribution in [0.4, 0.5) is 0 Å². The van der Waals surface area contributed by atoms with Crippen molar-refractivity contribution in [3.8, 4) is 0 Å². The highest BCUT2D eigenvalue weighted by Gasteiger charge is 2.21. The van der Waals surface area contributed by atoms with Crippen molar-refractivity contribution in [2.24, 2.45) is 0 Å². The summed E-state index contributed by atoms with van der Waals surface area (Å²) in [5, 5.41) is 0. The van der Waals surface area contributed by atoms with Gasteiger partial charge in [0.1, 0.15) is 6.04 Å². The summed E-state index contributed by atoms with van der Waals surface area (Å²) in [6.07, 6.45) is 21.3. The zero-order valence-corrected chi connectivity index (χ0v) is 19.8. The Morgan fingerprint density at radius 2 is 1.00 bits per heavy atom. The molecule has 3 heteroatoms. The topological polar surface area (TPSA) is 29.5 Å². The molecule has 0 N–H and O–H groups in total. The smallest absolute Gasteiger partial charge is 0.323 e. The Morgan fingerprint density at radius 1 is 0.643 bits per heavy atom. The fraction of sp³-hybridized carbons (Fsp3) is 0.960. The fourth-order valence-electron chi connectivity index (χ4n) is 3.81. The van der Waals surface area contributed by atoms with Crippen molar-refractivity contribution in [3.05, 3.63) is 0 Å². The van der Waals surface area contributed by atoms with Crippen molar-refractivity contribution in [2.45, 2.75) is 136 Å². The van der Waals surface area contributed by atoms with Crippen LogP contribution in [0.15, 0.2) is 0 Å². The first kappa shape index (κ1) is 27.4. The third-order valence-electron chi connectivity index (χ3n) is 5.77. The zero-order valence-electron chi connectivity index (χ0n) is 19.8. The first-order valence-electron chi connectivity index (χ1n) is 12.6. The highest BCUT2D eigenvalue weighted by molar-refractivity contribution is 5.75. The van der Waals surface area contributed by atoms with Gasteiger partial charge in [-0.3, -0.25) is 9.69 Å². The molecular formula is C25H51NO2. The van der Waals surface area contributed by atoms with Crippen LogP contribution >= 0.6 is 0 Å². The van der Waals surface area contributed by atoms with E-state index in [1.54, 1.807) is 0 Å². The second-order valence-corrected chi connectivity index (χ2v) is 8.41. The van der Waals surface area contributed by atoms with E-state index in [9.17, 15) is 4.79 Å². The van der Waals surface area contributed by atoms with Crippen LogP contribution in [0.25, 0.3) is 0 Å². The number of hydrogen-bond donors (Lipinski definition) is 0. The molecule has 1 unspecified atom stereocenters. The minimum absolute atomic E-state index is 0.0540. The van der Waals surface area contributed by atoms with Crippen molar-refractivity contribution in [1.29, 1.82) is 0 Å². The number of unbranched alkanes of at least 4 members (excludes halogenated alkanes) is 14. The Morgan fingerprint density at radius 3 is 1.36 bits per heavy atom. The molecule has 168 valence electrons. The number of rotatable bonds is 21. The van der Waals surface area contributed by atoms with Gasteiger partial charge in [0.15, 0.2) is 0 Å². The average Bonchev–Trinajstić information content (AvgIpc) is 2.70. The van der Waals surface area contributed by atoms with E-state index in [4.69, 9.17) is 4.74 Å². The molecule has 0 spiro atoms. The van der Waals surface area contributed by atoms with Crippen LogP contribution in [0.5, 0.6) is 0 Å². The van der Waals surface area contributed by atoms with E-state index < -0.39 is 0 Å². The molecule has 0 saturated carbocycles. The Bertz CT molecular complexity index is 313. The van der Waals surface area contributed by atoms with Crippen LogP contribution in [0.3, 0.4) is 0 Å². The van der Waals surface area contributed by atoms with E-state index in [0.717, 1.165) is 13.1 Å². The van der Waals surface area contributed by atoms with Crippen LogP contribution in [-0.4, -0.2) is 36.6 Å². The monoisotopic (exact) mass is 397 g/mol. The van der Waals surface area contributed by atoms with Gasteiger partial charge in [-0.1, -0.05) is 104 Å². The highest BCUT2D eigenvalue weighted by atomic mass is 16.5. The van der Waals surface area contributed by atoms with Crippen LogP contribution in [-0.2, 0) is 9.53 Å². The predicted molar refractivity (Wildman–Crippen MR) is 123 cm³/mol. The van der Waals surface area contributed by atoms with Crippen LogP contribution in [0, 0.1) is 0 Å². The number of esters is 1. The summed E-state index contributed by atoms with van der Waals surface area (Å²) < 4.78 is 5.27. The molecule has 0 fully saturated rings. The Labute approximate surface area is 177 Å². The van der Waals surface area contributed by atoms with Gasteiger partial charge >= 0.3 is 5.97 Å². The highest BCUT2D eigenvalue weighted by Crippen LogP contribution is 2.13. The molecule has 0 saturated heterocycles. The lowest BCUT2D eigenvalue weighted by molar-refractivity contribution is -0.148. The Balaban J connectivity index is 4.03. The molecule has 0 aromatic carbocycles. The molecule has 0 radical (unpaired) electrons. The minimum Gasteiger partial charge on any atom is -0.465 e. The molecule has 3 nitrogen and oxygen atoms in total. The largest absolute Gasteiger partial charge is 0.465 e. The summed E-state index contributed by atoms with van der Waals surface area (Å²) in [5.41, 5.74) is 0. The Hall–Kier alpha value is -0.570. The SMILES string of the molecule is CCCCCCCCCCN(CCCCCCCCCC)C(C)C(=O)OCC. The summed E-state index contributed by atoms with van der Waals surface area (Å²) in [5.74, 6) is -0.0540. The number of nitrogens with zero attached hydrogens (tertiary/aromatic N) is 1. The third-order valence-corrected chi connectivity index (χ3v) is 5.77. The summed E-state index contributed by atoms with van der Waals surface area (Å²) in [6, 6.07) is -0.103. The molecule has 0 aliphatic carbocycles. The van der Waals surface area contributed by atoms with Gasteiger partial charge in [-0.25, -0.2) is 0 Å². The van der Waals surface area contributed by atoms with Gasteiger partial charge in [-0.2, -0.15) is 0 Å². The molecule has 0 bridgehead atoms. The lowest BCUT2D eigenvalue weighted by Crippen LogP contribution is -2.41. The van der Waals surface area contributed by atoms with Gasteiger partial charge < -0.3 is 4.74 Å². The minimum atomic E-state index is -0.103. The summed E-state index contributed by atoms with van der Waals surface area (Å²) in [6.45, 7) is 11.0. The first-order chi connectivity index (χ1) is 13.7. The third kappa shape index (κ3) is 16.4. The van der Waals surface area contributed by atoms with Gasteiger partial charge in [0.2, 0.25) is 0 Å². The van der Waals surface area contributed by atoms with E-state index in [-0.39, 0.29) is 12.0 Å². The molecule has 28 heavy (non-hydrogen) atoms. The van der Waals surface area contributed by atoms with E-state index in [0.29, 0.717) is 6.61 Å². The molecule has 0 heterocycles. The quantitative estimate of drug-likeness (QED) is 0.148. The lowest BCUT2D eigenvalue weighted by Gasteiger charge is -2.27. The first-order valence-corrected chi connectivity index (χ1v) is 12.6. The molecule has 0 aromatic rings. The molecule has 0 aliphatic rings. The van der Waals surface area contributed by atoms with E-state index in [1.807, 2.05) is 13.8 Å². The zero-order chi connectivity index (χ0) is 20.9. The maximum Gasteiger partial charge on any atom is 0.323 e. The second kappa shape index (κ2) is 21.1. The fourth-order valence-corrected chi connectivity index (χ4v) is 3.81. The predicted octanol–water partition coefficient (Wildman–Crippen LogP) is 7.52. The van der Waals surface area contributed by atoms with Gasteiger partial charge in [0, 0.05) is 0 Å². The number of carbonyl (C=O) groups excluding carboxylic acids is 1. The summed E-state index contributed by atoms with van der Waals surface area (Å²) in [7, 11) is 0. The summed E-state index contributed by atoms with van der Waals surface area (Å²) in [4.78, 5) is 14.6. The van der Waals surface area contributed by atoms with E-state index in [1.165, 1.54) is 103 Å². The lowest BCUT2D eigenvalue weighted by atomic mass is 10.1. The van der Waals surface area contributed by atoms with Gasteiger partial charge in [-0.15, -0.1) is 0 Å². The maximum atomic E-state index is 12.2. The van der Waals surface area contributed by atoms with Crippen LogP contribution in [0.1, 0.15) is 130 Å². The van der Waals surface area contributed by atoms with Crippen molar-refractivity contribution < 1.29 is 9.53 Å². The van der Waals surface area contributed by atoms with E-state index in [2.05, 4.69) is 18.7 Å². The van der Waals surface area contributed by atoms with Crippen molar-refractivity contribution in [1.82, 2.24) is 4.90 Å². The number of hydrogen-bond acceptors (Lipinski definition) is 3. The summed E-state index contributed by atoms with van der Waals surface area (Å²) >= 11 is 0. The van der Waals surface area contributed by atoms with Crippen LogP contribution in [0.2, 0.25) is 0 Å². The Kier molecular flexibility index (Phi) is 20.7. The molecular weight excluding hydrogens is 346 g/mol. The van der Waals surface area contributed by atoms with Crippen LogP contribution < -0.4 is 0 Å². The normalized spacial score (nSPS) is 12.5. The van der Waals surface area contributed by atoms with Crippen molar-refractivity contribution in [3.63, 3.8) is 0 Å². The molecule has 1 atom stereocenters. The molecule has 0 amide bonds. The molecule has 0 aromatic heterocycles. The van der Waals surface area contributed by atoms with Crippen molar-refractivity contribution in [2.75, 3.05) is 19.7 Å². The van der Waals surface area contributed by atoms with Crippen molar-refractivity contribution >= 4 is 5.97 Å². The average molecular weight is 398 g/mol. The van der Waals surface area contributed by atoms with E-state index >= 15 is 0 Å². The van der Waals surface area contributed by atoms with Gasteiger partial charge in [-0.05, 0) is 39.8 Å². The maximum absolute atomic E-state index is 12.2. The number of carbonyl (C=O) groups is 1. The second-order valence-electron chi connectivity index (χ2n) is 8.41. The van der Waals surface area contributed by atoms with Gasteiger partial charge in [0.05, 0.1) is 6.61 Å². The standard InChI is InChI=1S/C25H51NO2/c1-5-8-10-12-14-16-18-20-22-26(24(4)25(27)28-7-3)23-21-19-17-15-13-11-9-6-2/h24H,5-23H2,1-4H3.